The SMILES string of the molecule is CCOCCOc1cc(Cl)nc(SC)n1. The van der Waals surface area contributed by atoms with Crippen LogP contribution >= 0.6 is 23.4 Å². The van der Waals surface area contributed by atoms with Crippen LogP contribution in [-0.2, 0) is 4.74 Å². The molecule has 84 valence electrons. The second-order valence-electron chi connectivity index (χ2n) is 2.56. The van der Waals surface area contributed by atoms with E-state index < -0.39 is 0 Å². The molecular formula is C9H13ClN2O2S. The lowest BCUT2D eigenvalue weighted by molar-refractivity contribution is 0.108. The first-order valence-corrected chi connectivity index (χ1v) is 6.15. The Morgan fingerprint density at radius 1 is 1.40 bits per heavy atom. The summed E-state index contributed by atoms with van der Waals surface area (Å²) < 4.78 is 10.5. The first-order chi connectivity index (χ1) is 7.26. The molecule has 0 spiro atoms. The van der Waals surface area contributed by atoms with Crippen LogP contribution in [0.2, 0.25) is 5.15 Å². The van der Waals surface area contributed by atoms with E-state index in [4.69, 9.17) is 21.1 Å². The Labute approximate surface area is 98.3 Å². The summed E-state index contributed by atoms with van der Waals surface area (Å²) in [5.74, 6) is 0.485. The Morgan fingerprint density at radius 2 is 2.20 bits per heavy atom. The minimum atomic E-state index is 0.390. The Morgan fingerprint density at radius 3 is 2.87 bits per heavy atom. The highest BCUT2D eigenvalue weighted by Crippen LogP contribution is 2.18. The molecule has 0 unspecified atom stereocenters. The summed E-state index contributed by atoms with van der Waals surface area (Å²) in [6.07, 6.45) is 1.88. The van der Waals surface area contributed by atoms with E-state index in [1.807, 2.05) is 13.2 Å². The molecule has 0 fully saturated rings. The number of rotatable bonds is 6. The first-order valence-electron chi connectivity index (χ1n) is 4.55. The lowest BCUT2D eigenvalue weighted by Crippen LogP contribution is -2.07. The number of halogens is 1. The van der Waals surface area contributed by atoms with Crippen molar-refractivity contribution in [2.75, 3.05) is 26.1 Å². The highest BCUT2D eigenvalue weighted by atomic mass is 35.5. The lowest BCUT2D eigenvalue weighted by atomic mass is 10.6. The fraction of sp³-hybridized carbons (Fsp3) is 0.556. The summed E-state index contributed by atoms with van der Waals surface area (Å²) in [4.78, 5) is 8.14. The van der Waals surface area contributed by atoms with Crippen LogP contribution in [0.1, 0.15) is 6.92 Å². The van der Waals surface area contributed by atoms with E-state index in [0.29, 0.717) is 36.0 Å². The van der Waals surface area contributed by atoms with Crippen LogP contribution in [0.4, 0.5) is 0 Å². The second kappa shape index (κ2) is 6.87. The standard InChI is InChI=1S/C9H13ClN2O2S/c1-3-13-4-5-14-8-6-7(10)11-9(12-8)15-2/h6H,3-5H2,1-2H3. The normalized spacial score (nSPS) is 10.3. The molecular weight excluding hydrogens is 236 g/mol. The van der Waals surface area contributed by atoms with Crippen LogP contribution in [0.3, 0.4) is 0 Å². The number of ether oxygens (including phenoxy) is 2. The maximum atomic E-state index is 5.79. The number of hydrogen-bond acceptors (Lipinski definition) is 5. The fourth-order valence-corrected chi connectivity index (χ4v) is 1.49. The Kier molecular flexibility index (Phi) is 5.75. The van der Waals surface area contributed by atoms with E-state index in [2.05, 4.69) is 9.97 Å². The summed E-state index contributed by atoms with van der Waals surface area (Å²) in [7, 11) is 0. The van der Waals surface area contributed by atoms with Crippen molar-refractivity contribution in [1.29, 1.82) is 0 Å². The lowest BCUT2D eigenvalue weighted by Gasteiger charge is -2.06. The van der Waals surface area contributed by atoms with Gasteiger partial charge in [0.15, 0.2) is 5.16 Å². The molecule has 0 aromatic carbocycles. The molecule has 0 saturated carbocycles. The van der Waals surface area contributed by atoms with Crippen molar-refractivity contribution >= 4 is 23.4 Å². The van der Waals surface area contributed by atoms with Gasteiger partial charge in [-0.25, -0.2) is 4.98 Å². The minimum absolute atomic E-state index is 0.390. The zero-order chi connectivity index (χ0) is 11.1. The van der Waals surface area contributed by atoms with Gasteiger partial charge in [-0.3, -0.25) is 0 Å². The smallest absolute Gasteiger partial charge is 0.218 e. The van der Waals surface area contributed by atoms with Crippen LogP contribution < -0.4 is 4.74 Å². The number of hydrogen-bond donors (Lipinski definition) is 0. The summed E-state index contributed by atoms with van der Waals surface area (Å²) >= 11 is 7.22. The summed E-state index contributed by atoms with van der Waals surface area (Å²) in [5.41, 5.74) is 0. The molecule has 1 heterocycles. The van der Waals surface area contributed by atoms with Crippen molar-refractivity contribution in [3.05, 3.63) is 11.2 Å². The monoisotopic (exact) mass is 248 g/mol. The van der Waals surface area contributed by atoms with Crippen LogP contribution in [-0.4, -0.2) is 36.0 Å². The van der Waals surface area contributed by atoms with Gasteiger partial charge in [0.1, 0.15) is 11.8 Å². The average molecular weight is 249 g/mol. The molecule has 1 aromatic heterocycles. The summed E-state index contributed by atoms with van der Waals surface area (Å²) in [6.45, 7) is 3.64. The van der Waals surface area contributed by atoms with Gasteiger partial charge >= 0.3 is 0 Å². The van der Waals surface area contributed by atoms with Crippen molar-refractivity contribution in [3.63, 3.8) is 0 Å². The molecule has 1 aromatic rings. The van der Waals surface area contributed by atoms with Gasteiger partial charge in [-0.2, -0.15) is 4.98 Å². The van der Waals surface area contributed by atoms with Crippen LogP contribution in [0, 0.1) is 0 Å². The Bertz CT molecular complexity index is 312. The largest absolute Gasteiger partial charge is 0.475 e. The van der Waals surface area contributed by atoms with Crippen molar-refractivity contribution in [1.82, 2.24) is 9.97 Å². The second-order valence-corrected chi connectivity index (χ2v) is 3.72. The van der Waals surface area contributed by atoms with E-state index in [0.717, 1.165) is 0 Å². The van der Waals surface area contributed by atoms with E-state index in [9.17, 15) is 0 Å². The third-order valence-electron chi connectivity index (χ3n) is 1.52. The van der Waals surface area contributed by atoms with Crippen LogP contribution in [0.15, 0.2) is 11.2 Å². The van der Waals surface area contributed by atoms with Crippen LogP contribution in [0.5, 0.6) is 5.88 Å². The number of nitrogens with zero attached hydrogens (tertiary/aromatic N) is 2. The van der Waals surface area contributed by atoms with E-state index in [1.165, 1.54) is 11.8 Å². The van der Waals surface area contributed by atoms with Crippen molar-refractivity contribution in [2.24, 2.45) is 0 Å². The van der Waals surface area contributed by atoms with Gasteiger partial charge in [0, 0.05) is 12.7 Å². The van der Waals surface area contributed by atoms with Crippen LogP contribution in [0.25, 0.3) is 0 Å². The molecule has 0 bridgehead atoms. The van der Waals surface area contributed by atoms with Crippen molar-refractivity contribution in [2.45, 2.75) is 12.1 Å². The predicted octanol–water partition coefficient (Wildman–Crippen LogP) is 2.27. The first kappa shape index (κ1) is 12.5. The van der Waals surface area contributed by atoms with Gasteiger partial charge in [-0.1, -0.05) is 23.4 Å². The number of aromatic nitrogens is 2. The van der Waals surface area contributed by atoms with E-state index in [-0.39, 0.29) is 0 Å². The van der Waals surface area contributed by atoms with Crippen molar-refractivity contribution < 1.29 is 9.47 Å². The summed E-state index contributed by atoms with van der Waals surface area (Å²) in [6, 6.07) is 1.59. The Hall–Kier alpha value is -0.520. The van der Waals surface area contributed by atoms with E-state index >= 15 is 0 Å². The highest BCUT2D eigenvalue weighted by Gasteiger charge is 2.02. The van der Waals surface area contributed by atoms with Gasteiger partial charge < -0.3 is 9.47 Å². The molecule has 0 atom stereocenters. The van der Waals surface area contributed by atoms with Gasteiger partial charge in [0.25, 0.3) is 0 Å². The van der Waals surface area contributed by atoms with E-state index in [1.54, 1.807) is 6.07 Å². The molecule has 0 aliphatic rings. The molecule has 15 heavy (non-hydrogen) atoms. The highest BCUT2D eigenvalue weighted by molar-refractivity contribution is 7.98. The van der Waals surface area contributed by atoms with Crippen molar-refractivity contribution in [3.8, 4) is 5.88 Å². The minimum Gasteiger partial charge on any atom is -0.475 e. The Balaban J connectivity index is 2.49. The third kappa shape index (κ3) is 4.68. The van der Waals surface area contributed by atoms with Gasteiger partial charge in [-0.15, -0.1) is 0 Å². The average Bonchev–Trinajstić information content (AvgIpc) is 2.23. The number of thioether (sulfide) groups is 1. The molecule has 4 nitrogen and oxygen atoms in total. The topological polar surface area (TPSA) is 44.2 Å². The maximum Gasteiger partial charge on any atom is 0.218 e. The molecule has 0 amide bonds. The fourth-order valence-electron chi connectivity index (χ4n) is 0.892. The van der Waals surface area contributed by atoms with Gasteiger partial charge in [-0.05, 0) is 13.2 Å². The molecule has 0 aliphatic carbocycles. The third-order valence-corrected chi connectivity index (χ3v) is 2.26. The zero-order valence-corrected chi connectivity index (χ0v) is 10.3. The molecule has 1 rings (SSSR count). The molecule has 0 N–H and O–H groups in total. The maximum absolute atomic E-state index is 5.79. The zero-order valence-electron chi connectivity index (χ0n) is 8.70. The summed E-state index contributed by atoms with van der Waals surface area (Å²) in [5, 5.41) is 0.995. The molecule has 0 saturated heterocycles. The quantitative estimate of drug-likeness (QED) is 0.334. The van der Waals surface area contributed by atoms with Gasteiger partial charge in [0.05, 0.1) is 6.61 Å². The predicted molar refractivity (Wildman–Crippen MR) is 60.8 cm³/mol. The molecule has 0 aliphatic heterocycles. The molecule has 0 radical (unpaired) electrons. The molecule has 6 heteroatoms. The van der Waals surface area contributed by atoms with Gasteiger partial charge in [0.2, 0.25) is 5.88 Å².